The number of nitrogens with zero attached hydrogens (tertiary/aromatic N) is 2. The van der Waals surface area contributed by atoms with Gasteiger partial charge >= 0.3 is 0 Å². The first-order valence-electron chi connectivity index (χ1n) is 14.6. The smallest absolute Gasteiger partial charge is 0.264 e. The summed E-state index contributed by atoms with van der Waals surface area (Å²) in [5.41, 5.74) is 9.61. The van der Waals surface area contributed by atoms with Gasteiger partial charge in [0.05, 0.1) is 18.1 Å². The third-order valence-corrected chi connectivity index (χ3v) is 9.40. The van der Waals surface area contributed by atoms with Crippen LogP contribution in [0.15, 0.2) is 42.5 Å². The topological polar surface area (TPSA) is 129 Å². The fourth-order valence-corrected chi connectivity index (χ4v) is 7.25. The second-order valence-corrected chi connectivity index (χ2v) is 12.2. The summed E-state index contributed by atoms with van der Waals surface area (Å²) >= 11 is 1.30. The van der Waals surface area contributed by atoms with E-state index in [2.05, 4.69) is 4.85 Å². The first kappa shape index (κ1) is 30.5. The molecule has 2 unspecified atom stereocenters. The number of carbonyl (C=O) groups excluding carboxylic acids is 2. The molecule has 9 nitrogen and oxygen atoms in total. The molecule has 3 aromatic rings. The van der Waals surface area contributed by atoms with Gasteiger partial charge in [0.1, 0.15) is 5.82 Å². The highest BCUT2D eigenvalue weighted by Crippen LogP contribution is 2.44. The van der Waals surface area contributed by atoms with Crippen molar-refractivity contribution in [3.05, 3.63) is 64.6 Å². The van der Waals surface area contributed by atoms with E-state index >= 15 is 0 Å². The van der Waals surface area contributed by atoms with Crippen LogP contribution in [-0.4, -0.2) is 51.8 Å². The summed E-state index contributed by atoms with van der Waals surface area (Å²) in [7, 11) is 0. The summed E-state index contributed by atoms with van der Waals surface area (Å²) in [5.74, 6) is -0.825. The zero-order valence-corrected chi connectivity index (χ0v) is 24.5. The van der Waals surface area contributed by atoms with Crippen LogP contribution in [0.2, 0.25) is 0 Å². The highest BCUT2D eigenvalue weighted by atomic mass is 32.1. The van der Waals surface area contributed by atoms with Crippen LogP contribution >= 0.6 is 11.3 Å². The van der Waals surface area contributed by atoms with Crippen molar-refractivity contribution in [2.75, 3.05) is 6.61 Å². The minimum Gasteiger partial charge on any atom is -0.504 e. The van der Waals surface area contributed by atoms with Gasteiger partial charge in [0.2, 0.25) is 11.6 Å². The Morgan fingerprint density at radius 2 is 1.79 bits per heavy atom. The van der Waals surface area contributed by atoms with E-state index in [9.17, 15) is 19.1 Å². The van der Waals surface area contributed by atoms with E-state index < -0.39 is 11.7 Å². The van der Waals surface area contributed by atoms with E-state index in [4.69, 9.17) is 22.2 Å². The lowest BCUT2D eigenvalue weighted by Crippen LogP contribution is -2.49. The van der Waals surface area contributed by atoms with Crippen LogP contribution in [0, 0.1) is 12.4 Å². The molecule has 2 saturated heterocycles. The molecule has 0 radical (unpaired) electrons. The molecule has 2 aromatic carbocycles. The van der Waals surface area contributed by atoms with Crippen molar-refractivity contribution in [3.8, 4) is 33.1 Å². The fraction of sp³-hybridized carbons (Fsp3) is 0.406. The summed E-state index contributed by atoms with van der Waals surface area (Å²) in [4.78, 5) is 31.3. The van der Waals surface area contributed by atoms with Gasteiger partial charge in [-0.2, -0.15) is 0 Å². The highest BCUT2D eigenvalue weighted by molar-refractivity contribution is 7.18. The van der Waals surface area contributed by atoms with Gasteiger partial charge in [0, 0.05) is 35.0 Å². The maximum Gasteiger partial charge on any atom is 0.264 e. The molecule has 2 aliphatic rings. The lowest BCUT2D eigenvalue weighted by Gasteiger charge is -2.37. The molecule has 2 fully saturated rings. The van der Waals surface area contributed by atoms with E-state index in [-0.39, 0.29) is 41.9 Å². The van der Waals surface area contributed by atoms with Crippen molar-refractivity contribution in [3.63, 3.8) is 0 Å². The largest absolute Gasteiger partial charge is 0.504 e. The Kier molecular flexibility index (Phi) is 9.60. The summed E-state index contributed by atoms with van der Waals surface area (Å²) in [6.07, 6.45) is 6.76. The van der Waals surface area contributed by atoms with E-state index in [0.717, 1.165) is 44.9 Å². The number of nitrogens with one attached hydrogen (secondary N) is 1. The number of halogens is 1. The molecule has 3 heterocycles. The predicted octanol–water partition coefficient (Wildman–Crippen LogP) is 6.41. The highest BCUT2D eigenvalue weighted by Gasteiger charge is 2.43. The Bertz CT molecular complexity index is 1520. The molecule has 11 heteroatoms. The number of fused-ring (bicyclic) bond motifs is 2. The Labute approximate surface area is 253 Å². The van der Waals surface area contributed by atoms with Gasteiger partial charge < -0.3 is 20.5 Å². The number of thiophene rings is 1. The quantitative estimate of drug-likeness (QED) is 0.0865. The lowest BCUT2D eigenvalue weighted by molar-refractivity contribution is -0.129. The Morgan fingerprint density at radius 3 is 2.47 bits per heavy atom. The average Bonchev–Trinajstić information content (AvgIpc) is 3.56. The van der Waals surface area contributed by atoms with Gasteiger partial charge in [-0.25, -0.2) is 14.7 Å². The maximum absolute atomic E-state index is 14.7. The Balaban J connectivity index is 1.36. The zero-order valence-electron chi connectivity index (χ0n) is 23.7. The predicted molar refractivity (Wildman–Crippen MR) is 162 cm³/mol. The van der Waals surface area contributed by atoms with Crippen molar-refractivity contribution in [1.29, 1.82) is 0 Å². The number of hydroxylamine groups is 1. The van der Waals surface area contributed by atoms with Gasteiger partial charge in [0.25, 0.3) is 5.91 Å². The molecular formula is C32H35FN4O5S. The number of phenolic OH excluding ortho intramolecular Hbond substituents is 1. The fourth-order valence-electron chi connectivity index (χ4n) is 6.13. The van der Waals surface area contributed by atoms with Crippen LogP contribution in [0.4, 0.5) is 10.1 Å². The average molecular weight is 607 g/mol. The van der Waals surface area contributed by atoms with Crippen molar-refractivity contribution < 1.29 is 29.0 Å². The van der Waals surface area contributed by atoms with Crippen molar-refractivity contribution in [1.82, 2.24) is 10.4 Å². The summed E-state index contributed by atoms with van der Waals surface area (Å²) in [5, 5.41) is 19.4. The van der Waals surface area contributed by atoms with Gasteiger partial charge in [-0.3, -0.25) is 14.8 Å². The number of amides is 2. The van der Waals surface area contributed by atoms with Gasteiger partial charge in [-0.1, -0.05) is 25.0 Å². The van der Waals surface area contributed by atoms with E-state index in [1.165, 1.54) is 23.5 Å². The number of phenols is 1. The number of piperidine rings is 1. The van der Waals surface area contributed by atoms with Crippen molar-refractivity contribution in [2.24, 2.45) is 5.73 Å². The number of hydrogen-bond donors (Lipinski definition) is 4. The number of ether oxygens (including phenoxy) is 1. The number of nitrogens with two attached hydrogens (primary N) is 1. The van der Waals surface area contributed by atoms with E-state index in [0.29, 0.717) is 45.2 Å². The molecule has 5 rings (SSSR count). The number of rotatable bonds is 11. The molecule has 43 heavy (non-hydrogen) atoms. The van der Waals surface area contributed by atoms with Gasteiger partial charge in [-0.05, 0) is 80.0 Å². The maximum atomic E-state index is 14.7. The molecule has 2 atom stereocenters. The molecule has 2 aliphatic heterocycles. The lowest BCUT2D eigenvalue weighted by atomic mass is 9.97. The normalized spacial score (nSPS) is 19.2. The molecular weight excluding hydrogens is 571 g/mol. The minimum atomic E-state index is -0.635. The Hall–Kier alpha value is -3.98. The molecule has 2 amide bonds. The van der Waals surface area contributed by atoms with Crippen LogP contribution in [0.3, 0.4) is 0 Å². The SMILES string of the molecule is [C-]#[N+]c1ccc(-c2cc(C(=O)N3C4CCC3CC(N)C4)sc2-c2ccc(OCCCCCCC(=O)NO)c(O)c2)cc1F. The standard InChI is InChI=1S/C32H35FN4O5S/c1-35-26-11-7-19(14-25(26)33)24-18-29(32(40)37-22-9-10-23(37)17-21(34)16-22)43-31(24)20-8-12-28(27(38)15-20)42-13-5-3-2-4-6-30(39)36-41/h7-8,11-12,14-15,18,21-23,38,41H,2-6,9-10,13,16-17,34H2,(H,36,39). The first-order valence-corrected chi connectivity index (χ1v) is 15.4. The first-order chi connectivity index (χ1) is 20.8. The van der Waals surface area contributed by atoms with Crippen LogP contribution in [0.5, 0.6) is 11.5 Å². The van der Waals surface area contributed by atoms with Crippen LogP contribution in [-0.2, 0) is 4.79 Å². The summed E-state index contributed by atoms with van der Waals surface area (Å²) in [6.45, 7) is 7.58. The van der Waals surface area contributed by atoms with Gasteiger partial charge in [-0.15, -0.1) is 11.3 Å². The molecule has 5 N–H and O–H groups in total. The van der Waals surface area contributed by atoms with Crippen molar-refractivity contribution in [2.45, 2.75) is 75.9 Å². The van der Waals surface area contributed by atoms with Crippen molar-refractivity contribution >= 4 is 28.8 Å². The molecule has 0 spiro atoms. The molecule has 1 aromatic heterocycles. The van der Waals surface area contributed by atoms with Gasteiger partial charge in [0.15, 0.2) is 11.5 Å². The summed E-state index contributed by atoms with van der Waals surface area (Å²) < 4.78 is 20.5. The molecule has 0 aliphatic carbocycles. The third-order valence-electron chi connectivity index (χ3n) is 8.23. The Morgan fingerprint density at radius 1 is 1.07 bits per heavy atom. The van der Waals surface area contributed by atoms with E-state index in [1.54, 1.807) is 35.8 Å². The van der Waals surface area contributed by atoms with E-state index in [1.807, 2.05) is 4.90 Å². The third kappa shape index (κ3) is 6.82. The van der Waals surface area contributed by atoms with Crippen LogP contribution in [0.1, 0.15) is 67.5 Å². The number of hydrogen-bond acceptors (Lipinski definition) is 7. The number of benzene rings is 2. The number of unbranched alkanes of at least 4 members (excludes halogenated alkanes) is 3. The number of carbonyl (C=O) groups is 2. The molecule has 2 bridgehead atoms. The van der Waals surface area contributed by atoms with Crippen LogP contribution < -0.4 is 16.0 Å². The molecule has 0 saturated carbocycles. The molecule has 226 valence electrons. The minimum absolute atomic E-state index is 0.0538. The van der Waals surface area contributed by atoms with Crippen LogP contribution in [0.25, 0.3) is 26.4 Å². The monoisotopic (exact) mass is 606 g/mol. The zero-order chi connectivity index (χ0) is 30.5. The number of aromatic hydroxyl groups is 1. The second-order valence-electron chi connectivity index (χ2n) is 11.2. The summed E-state index contributed by atoms with van der Waals surface area (Å²) in [6, 6.07) is 11.6. The second kappa shape index (κ2) is 13.5.